The summed E-state index contributed by atoms with van der Waals surface area (Å²) in [5, 5.41) is 8.03. The van der Waals surface area contributed by atoms with Gasteiger partial charge in [-0.1, -0.05) is 6.92 Å². The van der Waals surface area contributed by atoms with Crippen LogP contribution in [0.2, 0.25) is 0 Å². The lowest BCUT2D eigenvalue weighted by Gasteiger charge is -2.37. The fraction of sp³-hybridized carbons (Fsp3) is 0.786. The fourth-order valence-corrected chi connectivity index (χ4v) is 3.31. The molecule has 0 radical (unpaired) electrons. The average molecular weight is 330 g/mol. The number of hydrogen-bond acceptors (Lipinski definition) is 3. The van der Waals surface area contributed by atoms with Crippen LogP contribution in [0, 0.1) is 12.3 Å². The topological polar surface area (TPSA) is 39.1 Å². The summed E-state index contributed by atoms with van der Waals surface area (Å²) < 4.78 is 8.73. The molecule has 108 valence electrons. The second kappa shape index (κ2) is 6.37. The molecule has 1 N–H and O–H groups in total. The highest BCUT2D eigenvalue weighted by Crippen LogP contribution is 2.36. The van der Waals surface area contributed by atoms with Gasteiger partial charge in [0, 0.05) is 26.8 Å². The van der Waals surface area contributed by atoms with E-state index < -0.39 is 0 Å². The summed E-state index contributed by atoms with van der Waals surface area (Å²) in [6, 6.07) is 0. The summed E-state index contributed by atoms with van der Waals surface area (Å²) in [7, 11) is 2.04. The van der Waals surface area contributed by atoms with Gasteiger partial charge in [0.25, 0.3) is 0 Å². The van der Waals surface area contributed by atoms with E-state index in [1.807, 2.05) is 11.7 Å². The molecule has 0 bridgehead atoms. The third-order valence-electron chi connectivity index (χ3n) is 4.11. The van der Waals surface area contributed by atoms with Crippen LogP contribution in [0.15, 0.2) is 4.47 Å². The standard InChI is InChI=1S/C14H24BrN3O/c1-4-16-10-14(5-7-19-8-6-14)9-12-13(15)11(2)17-18(12)3/h16H,4-10H2,1-3H3. The van der Waals surface area contributed by atoms with Gasteiger partial charge >= 0.3 is 0 Å². The van der Waals surface area contributed by atoms with Crippen molar-refractivity contribution in [1.82, 2.24) is 15.1 Å². The molecule has 1 aromatic heterocycles. The molecule has 0 amide bonds. The molecule has 5 heteroatoms. The third-order valence-corrected chi connectivity index (χ3v) is 5.14. The zero-order valence-corrected chi connectivity index (χ0v) is 13.7. The molecule has 1 fully saturated rings. The van der Waals surface area contributed by atoms with Gasteiger partial charge in [0.15, 0.2) is 0 Å². The van der Waals surface area contributed by atoms with E-state index in [4.69, 9.17) is 4.74 Å². The molecule has 0 spiro atoms. The van der Waals surface area contributed by atoms with E-state index in [-0.39, 0.29) is 0 Å². The molecule has 0 atom stereocenters. The highest BCUT2D eigenvalue weighted by Gasteiger charge is 2.34. The zero-order chi connectivity index (χ0) is 13.9. The maximum atomic E-state index is 5.55. The van der Waals surface area contributed by atoms with Crippen molar-refractivity contribution in [3.8, 4) is 0 Å². The Morgan fingerprint density at radius 3 is 2.63 bits per heavy atom. The minimum atomic E-state index is 0.303. The van der Waals surface area contributed by atoms with Gasteiger partial charge in [-0.15, -0.1) is 0 Å². The lowest BCUT2D eigenvalue weighted by atomic mass is 9.76. The highest BCUT2D eigenvalue weighted by molar-refractivity contribution is 9.10. The molecule has 1 aromatic rings. The van der Waals surface area contributed by atoms with E-state index in [0.717, 1.165) is 55.7 Å². The van der Waals surface area contributed by atoms with Gasteiger partial charge in [0.1, 0.15) is 0 Å². The molecule has 1 saturated heterocycles. The minimum absolute atomic E-state index is 0.303. The van der Waals surface area contributed by atoms with Gasteiger partial charge in [-0.2, -0.15) is 5.10 Å². The average Bonchev–Trinajstić information content (AvgIpc) is 2.64. The molecular formula is C14H24BrN3O. The Hall–Kier alpha value is -0.390. The number of nitrogens with one attached hydrogen (secondary N) is 1. The monoisotopic (exact) mass is 329 g/mol. The highest BCUT2D eigenvalue weighted by atomic mass is 79.9. The van der Waals surface area contributed by atoms with Crippen LogP contribution >= 0.6 is 15.9 Å². The summed E-state index contributed by atoms with van der Waals surface area (Å²) in [6.07, 6.45) is 3.30. The van der Waals surface area contributed by atoms with Crippen molar-refractivity contribution in [3.05, 3.63) is 15.9 Å². The fourth-order valence-electron chi connectivity index (χ4n) is 2.84. The van der Waals surface area contributed by atoms with Crippen LogP contribution < -0.4 is 5.32 Å². The van der Waals surface area contributed by atoms with Gasteiger partial charge < -0.3 is 10.1 Å². The lowest BCUT2D eigenvalue weighted by Crippen LogP contribution is -2.41. The van der Waals surface area contributed by atoms with Crippen molar-refractivity contribution in [2.45, 2.75) is 33.1 Å². The van der Waals surface area contributed by atoms with Crippen LogP contribution in [0.25, 0.3) is 0 Å². The predicted molar refractivity (Wildman–Crippen MR) is 80.4 cm³/mol. The quantitative estimate of drug-likeness (QED) is 0.901. The normalized spacial score (nSPS) is 18.7. The van der Waals surface area contributed by atoms with E-state index in [1.54, 1.807) is 0 Å². The number of halogens is 1. The SMILES string of the molecule is CCNCC1(Cc2c(Br)c(C)nn2C)CCOCC1. The van der Waals surface area contributed by atoms with Crippen LogP contribution in [-0.4, -0.2) is 36.1 Å². The molecule has 2 rings (SSSR count). The van der Waals surface area contributed by atoms with Gasteiger partial charge in [-0.25, -0.2) is 0 Å². The summed E-state index contributed by atoms with van der Waals surface area (Å²) in [5.41, 5.74) is 2.68. The van der Waals surface area contributed by atoms with Crippen LogP contribution in [0.3, 0.4) is 0 Å². The van der Waals surface area contributed by atoms with Crippen molar-refractivity contribution in [2.24, 2.45) is 12.5 Å². The number of ether oxygens (including phenoxy) is 1. The Labute approximate surface area is 124 Å². The van der Waals surface area contributed by atoms with Gasteiger partial charge in [-0.05, 0) is 54.1 Å². The van der Waals surface area contributed by atoms with Crippen molar-refractivity contribution in [1.29, 1.82) is 0 Å². The van der Waals surface area contributed by atoms with Crippen molar-refractivity contribution >= 4 is 15.9 Å². The molecule has 0 aliphatic carbocycles. The first-order chi connectivity index (χ1) is 9.08. The summed E-state index contributed by atoms with van der Waals surface area (Å²) >= 11 is 3.69. The van der Waals surface area contributed by atoms with Crippen molar-refractivity contribution in [2.75, 3.05) is 26.3 Å². The van der Waals surface area contributed by atoms with Gasteiger partial charge in [0.05, 0.1) is 15.9 Å². The Morgan fingerprint density at radius 1 is 1.42 bits per heavy atom. The van der Waals surface area contributed by atoms with E-state index in [1.165, 1.54) is 5.69 Å². The van der Waals surface area contributed by atoms with E-state index in [9.17, 15) is 0 Å². The third kappa shape index (κ3) is 3.38. The minimum Gasteiger partial charge on any atom is -0.381 e. The van der Waals surface area contributed by atoms with Crippen molar-refractivity contribution < 1.29 is 4.74 Å². The Bertz CT molecular complexity index is 425. The number of aromatic nitrogens is 2. The van der Waals surface area contributed by atoms with Crippen LogP contribution in [0.5, 0.6) is 0 Å². The Morgan fingerprint density at radius 2 is 2.11 bits per heavy atom. The first-order valence-corrected chi connectivity index (χ1v) is 7.84. The van der Waals surface area contributed by atoms with Crippen molar-refractivity contribution in [3.63, 3.8) is 0 Å². The summed E-state index contributed by atoms with van der Waals surface area (Å²) in [4.78, 5) is 0. The maximum Gasteiger partial charge on any atom is 0.0738 e. The van der Waals surface area contributed by atoms with E-state index >= 15 is 0 Å². The second-order valence-corrected chi connectivity index (χ2v) is 6.33. The molecule has 19 heavy (non-hydrogen) atoms. The molecule has 2 heterocycles. The molecule has 1 aliphatic rings. The largest absolute Gasteiger partial charge is 0.381 e. The molecule has 0 unspecified atom stereocenters. The van der Waals surface area contributed by atoms with Gasteiger partial charge in [-0.3, -0.25) is 4.68 Å². The number of hydrogen-bond donors (Lipinski definition) is 1. The first kappa shape index (κ1) is 15.0. The molecular weight excluding hydrogens is 306 g/mol. The number of aryl methyl sites for hydroxylation is 2. The number of nitrogens with zero attached hydrogens (tertiary/aromatic N) is 2. The number of rotatable bonds is 5. The zero-order valence-electron chi connectivity index (χ0n) is 12.1. The van der Waals surface area contributed by atoms with Crippen LogP contribution in [0.4, 0.5) is 0 Å². The Balaban J connectivity index is 2.19. The first-order valence-electron chi connectivity index (χ1n) is 7.04. The smallest absolute Gasteiger partial charge is 0.0738 e. The molecule has 4 nitrogen and oxygen atoms in total. The molecule has 0 aromatic carbocycles. The van der Waals surface area contributed by atoms with Crippen LogP contribution in [0.1, 0.15) is 31.2 Å². The summed E-state index contributed by atoms with van der Waals surface area (Å²) in [5.74, 6) is 0. The van der Waals surface area contributed by atoms with E-state index in [0.29, 0.717) is 5.41 Å². The predicted octanol–water partition coefficient (Wildman–Crippen LogP) is 2.44. The maximum absolute atomic E-state index is 5.55. The van der Waals surface area contributed by atoms with Gasteiger partial charge in [0.2, 0.25) is 0 Å². The molecule has 1 aliphatic heterocycles. The summed E-state index contributed by atoms with van der Waals surface area (Å²) in [6.45, 7) is 8.04. The lowest BCUT2D eigenvalue weighted by molar-refractivity contribution is 0.0142. The molecule has 0 saturated carbocycles. The Kier molecular flexibility index (Phi) is 5.03. The van der Waals surface area contributed by atoms with E-state index in [2.05, 4.69) is 40.2 Å². The second-order valence-electron chi connectivity index (χ2n) is 5.54. The van der Waals surface area contributed by atoms with Crippen LogP contribution in [-0.2, 0) is 18.2 Å².